The molecule has 0 amide bonds. The van der Waals surface area contributed by atoms with Crippen molar-refractivity contribution in [2.24, 2.45) is 0 Å². The third kappa shape index (κ3) is 3.47. The van der Waals surface area contributed by atoms with Gasteiger partial charge in [0.2, 0.25) is 0 Å². The molecule has 0 unspecified atom stereocenters. The molecular weight excluding hydrogens is 374 g/mol. The van der Waals surface area contributed by atoms with Crippen LogP contribution in [0.3, 0.4) is 0 Å². The van der Waals surface area contributed by atoms with Gasteiger partial charge in [-0.15, -0.1) is 0 Å². The van der Waals surface area contributed by atoms with Crippen LogP contribution in [0.5, 0.6) is 5.75 Å². The summed E-state index contributed by atoms with van der Waals surface area (Å²) in [5.41, 5.74) is 1.65. The van der Waals surface area contributed by atoms with Crippen molar-refractivity contribution in [3.05, 3.63) is 66.5 Å². The van der Waals surface area contributed by atoms with Gasteiger partial charge in [-0.1, -0.05) is 12.1 Å². The number of hydrogen-bond donors (Lipinski definition) is 1. The van der Waals surface area contributed by atoms with Crippen LogP contribution in [-0.4, -0.2) is 28.6 Å². The maximum absolute atomic E-state index is 15.5. The fraction of sp³-hybridized carbons (Fsp3) is 0.136. The monoisotopic (exact) mass is 392 g/mol. The quantitative estimate of drug-likeness (QED) is 0.513. The Morgan fingerprint density at radius 1 is 1.03 bits per heavy atom. The van der Waals surface area contributed by atoms with Gasteiger partial charge in [0.05, 0.1) is 6.61 Å². The van der Waals surface area contributed by atoms with Gasteiger partial charge >= 0.3 is 0 Å². The lowest BCUT2D eigenvalue weighted by atomic mass is 10.0. The van der Waals surface area contributed by atoms with Crippen LogP contribution in [-0.2, 0) is 0 Å². The van der Waals surface area contributed by atoms with E-state index in [1.807, 2.05) is 6.07 Å². The summed E-state index contributed by atoms with van der Waals surface area (Å²) in [6.45, 7) is 2.08. The number of hydrogen-bond acceptors (Lipinski definition) is 5. The first kappa shape index (κ1) is 18.7. The Morgan fingerprint density at radius 3 is 2.62 bits per heavy atom. The lowest BCUT2D eigenvalue weighted by Gasteiger charge is -2.12. The van der Waals surface area contributed by atoms with E-state index in [9.17, 15) is 4.39 Å². The maximum Gasteiger partial charge on any atom is 0.165 e. The second-order valence-electron chi connectivity index (χ2n) is 6.29. The molecule has 7 heteroatoms. The summed E-state index contributed by atoms with van der Waals surface area (Å²) in [6.07, 6.45) is 3.27. The first-order valence-corrected chi connectivity index (χ1v) is 9.13. The minimum absolute atomic E-state index is 0.0825. The van der Waals surface area contributed by atoms with Crippen molar-refractivity contribution in [1.82, 2.24) is 15.0 Å². The molecule has 0 atom stereocenters. The molecule has 0 radical (unpaired) electrons. The van der Waals surface area contributed by atoms with Crippen LogP contribution in [0, 0.1) is 11.6 Å². The Balaban J connectivity index is 1.92. The van der Waals surface area contributed by atoms with Crippen molar-refractivity contribution in [2.45, 2.75) is 6.92 Å². The molecule has 1 N–H and O–H groups in total. The summed E-state index contributed by atoms with van der Waals surface area (Å²) in [6, 6.07) is 11.2. The molecule has 2 aromatic heterocycles. The fourth-order valence-corrected chi connectivity index (χ4v) is 3.14. The maximum atomic E-state index is 15.5. The Hall–Kier alpha value is -3.61. The zero-order valence-corrected chi connectivity index (χ0v) is 15.9. The van der Waals surface area contributed by atoms with E-state index in [-0.39, 0.29) is 11.3 Å². The second kappa shape index (κ2) is 7.79. The van der Waals surface area contributed by atoms with Crippen LogP contribution in [0.25, 0.3) is 33.4 Å². The van der Waals surface area contributed by atoms with Gasteiger partial charge in [0.15, 0.2) is 23.2 Å². The van der Waals surface area contributed by atoms with Gasteiger partial charge in [-0.25, -0.2) is 18.7 Å². The van der Waals surface area contributed by atoms with E-state index in [0.717, 1.165) is 0 Å². The van der Waals surface area contributed by atoms with Gasteiger partial charge in [0, 0.05) is 36.0 Å². The molecule has 0 aliphatic carbocycles. The molecular formula is C22H18F2N4O. The summed E-state index contributed by atoms with van der Waals surface area (Å²) in [4.78, 5) is 13.0. The van der Waals surface area contributed by atoms with Gasteiger partial charge in [-0.3, -0.25) is 4.98 Å². The van der Waals surface area contributed by atoms with E-state index < -0.39 is 11.6 Å². The molecule has 4 aromatic rings. The predicted octanol–water partition coefficient (Wildman–Crippen LogP) is 5.08. The summed E-state index contributed by atoms with van der Waals surface area (Å²) < 4.78 is 34.7. The Morgan fingerprint density at radius 2 is 1.90 bits per heavy atom. The number of ether oxygens (including phenoxy) is 1. The fourth-order valence-electron chi connectivity index (χ4n) is 3.14. The van der Waals surface area contributed by atoms with Crippen LogP contribution >= 0.6 is 0 Å². The first-order chi connectivity index (χ1) is 14.1. The summed E-state index contributed by atoms with van der Waals surface area (Å²) in [5, 5.41) is 3.54. The van der Waals surface area contributed by atoms with Gasteiger partial charge < -0.3 is 10.1 Å². The van der Waals surface area contributed by atoms with E-state index in [1.54, 1.807) is 44.6 Å². The van der Waals surface area contributed by atoms with Crippen molar-refractivity contribution >= 4 is 16.7 Å². The molecule has 5 nitrogen and oxygen atoms in total. The third-order valence-corrected chi connectivity index (χ3v) is 4.51. The van der Waals surface area contributed by atoms with Crippen molar-refractivity contribution in [1.29, 1.82) is 0 Å². The molecule has 29 heavy (non-hydrogen) atoms. The molecule has 0 saturated carbocycles. The third-order valence-electron chi connectivity index (χ3n) is 4.51. The Labute approximate surface area is 166 Å². The number of halogens is 2. The number of anilines is 1. The molecule has 2 heterocycles. The van der Waals surface area contributed by atoms with Crippen LogP contribution in [0.15, 0.2) is 54.9 Å². The van der Waals surface area contributed by atoms with E-state index >= 15 is 4.39 Å². The average Bonchev–Trinajstić information content (AvgIpc) is 2.76. The number of nitrogens with zero attached hydrogens (tertiary/aromatic N) is 3. The van der Waals surface area contributed by atoms with Crippen molar-refractivity contribution in [3.8, 4) is 28.3 Å². The molecule has 0 bridgehead atoms. The Bertz CT molecular complexity index is 1180. The van der Waals surface area contributed by atoms with E-state index in [1.165, 1.54) is 18.2 Å². The Kier molecular flexibility index (Phi) is 5.03. The highest BCUT2D eigenvalue weighted by molar-refractivity contribution is 5.94. The lowest BCUT2D eigenvalue weighted by molar-refractivity contribution is 0.322. The summed E-state index contributed by atoms with van der Waals surface area (Å²) in [5.74, 6) is -0.0521. The first-order valence-electron chi connectivity index (χ1n) is 9.13. The summed E-state index contributed by atoms with van der Waals surface area (Å²) >= 11 is 0. The van der Waals surface area contributed by atoms with Gasteiger partial charge in [-0.2, -0.15) is 0 Å². The van der Waals surface area contributed by atoms with Gasteiger partial charge in [0.25, 0.3) is 0 Å². The van der Waals surface area contributed by atoms with Gasteiger partial charge in [-0.05, 0) is 42.8 Å². The highest BCUT2D eigenvalue weighted by Gasteiger charge is 2.17. The highest BCUT2D eigenvalue weighted by Crippen LogP contribution is 2.34. The average molecular weight is 392 g/mol. The smallest absolute Gasteiger partial charge is 0.165 e. The molecule has 146 valence electrons. The van der Waals surface area contributed by atoms with E-state index in [4.69, 9.17) is 4.74 Å². The standard InChI is InChI=1S/C22H18F2N4O/c1-3-29-18-11-13(6-9-17(18)23)15-7-8-16-20(19(15)24)27-21(28-22(16)25-2)14-5-4-10-26-12-14/h4-12H,3H2,1-2H3,(H,25,27,28). The zero-order chi connectivity index (χ0) is 20.4. The zero-order valence-electron chi connectivity index (χ0n) is 15.9. The molecule has 2 aromatic carbocycles. The second-order valence-corrected chi connectivity index (χ2v) is 6.29. The molecule has 0 saturated heterocycles. The van der Waals surface area contributed by atoms with Crippen molar-refractivity contribution in [2.75, 3.05) is 19.0 Å². The molecule has 0 aliphatic rings. The predicted molar refractivity (Wildman–Crippen MR) is 109 cm³/mol. The van der Waals surface area contributed by atoms with Crippen LogP contribution < -0.4 is 10.1 Å². The number of nitrogens with one attached hydrogen (secondary N) is 1. The molecule has 0 fully saturated rings. The molecule has 0 aliphatic heterocycles. The topological polar surface area (TPSA) is 59.9 Å². The SMILES string of the molecule is CCOc1cc(-c2ccc3c(NC)nc(-c4cccnc4)nc3c2F)ccc1F. The number of pyridine rings is 1. The summed E-state index contributed by atoms with van der Waals surface area (Å²) in [7, 11) is 1.72. The van der Waals surface area contributed by atoms with E-state index in [2.05, 4.69) is 20.3 Å². The molecule has 0 spiro atoms. The van der Waals surface area contributed by atoms with Crippen LogP contribution in [0.4, 0.5) is 14.6 Å². The van der Waals surface area contributed by atoms with Crippen LogP contribution in [0.2, 0.25) is 0 Å². The number of aromatic nitrogens is 3. The largest absolute Gasteiger partial charge is 0.491 e. The minimum Gasteiger partial charge on any atom is -0.491 e. The minimum atomic E-state index is -0.513. The highest BCUT2D eigenvalue weighted by atomic mass is 19.1. The number of rotatable bonds is 5. The van der Waals surface area contributed by atoms with Crippen molar-refractivity contribution in [3.63, 3.8) is 0 Å². The molecule has 4 rings (SSSR count). The van der Waals surface area contributed by atoms with Crippen LogP contribution in [0.1, 0.15) is 6.92 Å². The van der Waals surface area contributed by atoms with Gasteiger partial charge in [0.1, 0.15) is 11.3 Å². The number of benzene rings is 2. The normalized spacial score (nSPS) is 10.9. The number of fused-ring (bicyclic) bond motifs is 1. The van der Waals surface area contributed by atoms with E-state index in [0.29, 0.717) is 40.3 Å². The van der Waals surface area contributed by atoms with Crippen molar-refractivity contribution < 1.29 is 13.5 Å². The lowest BCUT2D eigenvalue weighted by Crippen LogP contribution is -2.01.